The summed E-state index contributed by atoms with van der Waals surface area (Å²) in [5.41, 5.74) is 7.81. The number of rotatable bonds is 7. The van der Waals surface area contributed by atoms with Crippen LogP contribution in [-0.2, 0) is 17.6 Å². The number of hydrogen-bond donors (Lipinski definition) is 2. The van der Waals surface area contributed by atoms with E-state index in [-0.39, 0.29) is 0 Å². The maximum Gasteiger partial charge on any atom is 0.323 e. The molecule has 0 fully saturated rings. The third kappa shape index (κ3) is 3.55. The number of aliphatic carboxylic acids is 1. The van der Waals surface area contributed by atoms with Gasteiger partial charge in [-0.25, -0.2) is 0 Å². The smallest absolute Gasteiger partial charge is 0.323 e. The number of aryl methyl sites for hydroxylation is 2. The minimum absolute atomic E-state index is 0.478. The first kappa shape index (κ1) is 15.4. The van der Waals surface area contributed by atoms with Gasteiger partial charge in [0, 0.05) is 4.90 Å². The van der Waals surface area contributed by atoms with Crippen LogP contribution in [0.25, 0.3) is 0 Å². The zero-order valence-corrected chi connectivity index (χ0v) is 12.8. The van der Waals surface area contributed by atoms with Gasteiger partial charge in [-0.05, 0) is 67.5 Å². The summed E-state index contributed by atoms with van der Waals surface area (Å²) in [6.07, 6.45) is 5.53. The number of carboxylic acids is 1. The highest BCUT2D eigenvalue weighted by atomic mass is 32.2. The second-order valence-corrected chi connectivity index (χ2v) is 6.72. The molecule has 1 aromatic rings. The fourth-order valence-corrected chi connectivity index (χ4v) is 3.56. The van der Waals surface area contributed by atoms with Gasteiger partial charge in [-0.2, -0.15) is 0 Å². The Balaban J connectivity index is 1.80. The van der Waals surface area contributed by atoms with E-state index in [1.807, 2.05) is 6.92 Å². The van der Waals surface area contributed by atoms with Crippen LogP contribution in [0.5, 0.6) is 0 Å². The predicted molar refractivity (Wildman–Crippen MR) is 83.3 cm³/mol. The highest BCUT2D eigenvalue weighted by Gasteiger charge is 2.30. The lowest BCUT2D eigenvalue weighted by Crippen LogP contribution is -2.47. The molecule has 1 aromatic carbocycles. The van der Waals surface area contributed by atoms with Crippen molar-refractivity contribution in [3.63, 3.8) is 0 Å². The third-order valence-corrected chi connectivity index (χ3v) is 5.24. The molecule has 0 radical (unpaired) electrons. The van der Waals surface area contributed by atoms with Gasteiger partial charge in [0.05, 0.1) is 0 Å². The molecule has 0 spiro atoms. The monoisotopic (exact) mass is 293 g/mol. The minimum atomic E-state index is -1.06. The average molecular weight is 293 g/mol. The predicted octanol–water partition coefficient (Wildman–Crippen LogP) is 3.24. The van der Waals surface area contributed by atoms with Crippen molar-refractivity contribution >= 4 is 17.7 Å². The number of benzene rings is 1. The van der Waals surface area contributed by atoms with Crippen molar-refractivity contribution in [3.05, 3.63) is 29.3 Å². The maximum absolute atomic E-state index is 11.1. The highest BCUT2D eigenvalue weighted by Crippen LogP contribution is 2.28. The van der Waals surface area contributed by atoms with E-state index in [1.54, 1.807) is 11.8 Å². The Labute approximate surface area is 124 Å². The number of thioether (sulfide) groups is 1. The first-order valence-corrected chi connectivity index (χ1v) is 8.30. The van der Waals surface area contributed by atoms with E-state index in [2.05, 4.69) is 18.2 Å². The summed E-state index contributed by atoms with van der Waals surface area (Å²) in [5.74, 6) is 0.0351. The van der Waals surface area contributed by atoms with E-state index >= 15 is 0 Å². The summed E-state index contributed by atoms with van der Waals surface area (Å²) in [5, 5.41) is 9.12. The van der Waals surface area contributed by atoms with Crippen molar-refractivity contribution in [2.45, 2.75) is 55.9 Å². The highest BCUT2D eigenvalue weighted by molar-refractivity contribution is 7.99. The van der Waals surface area contributed by atoms with Crippen LogP contribution in [0.4, 0.5) is 0 Å². The molecule has 0 bridgehead atoms. The van der Waals surface area contributed by atoms with Crippen LogP contribution in [0.1, 0.15) is 43.7 Å². The van der Waals surface area contributed by atoms with Crippen molar-refractivity contribution < 1.29 is 9.90 Å². The van der Waals surface area contributed by atoms with Gasteiger partial charge in [-0.3, -0.25) is 4.79 Å². The van der Waals surface area contributed by atoms with Gasteiger partial charge >= 0.3 is 5.97 Å². The first-order valence-electron chi connectivity index (χ1n) is 7.32. The van der Waals surface area contributed by atoms with E-state index in [9.17, 15) is 4.79 Å². The fraction of sp³-hybridized carbons (Fsp3) is 0.562. The molecule has 110 valence electrons. The summed E-state index contributed by atoms with van der Waals surface area (Å²) in [4.78, 5) is 12.4. The molecular weight excluding hydrogens is 270 g/mol. The van der Waals surface area contributed by atoms with Gasteiger partial charge in [0.2, 0.25) is 0 Å². The van der Waals surface area contributed by atoms with Crippen LogP contribution in [0.2, 0.25) is 0 Å². The zero-order valence-electron chi connectivity index (χ0n) is 12.0. The van der Waals surface area contributed by atoms with Gasteiger partial charge in [0.25, 0.3) is 0 Å². The molecular formula is C16H23NO2S. The summed E-state index contributed by atoms with van der Waals surface area (Å²) < 4.78 is 0. The van der Waals surface area contributed by atoms with Crippen molar-refractivity contribution in [2.24, 2.45) is 5.73 Å². The summed E-state index contributed by atoms with van der Waals surface area (Å²) in [7, 11) is 0. The maximum atomic E-state index is 11.1. The summed E-state index contributed by atoms with van der Waals surface area (Å²) >= 11 is 1.80. The number of carbonyl (C=O) groups is 1. The quantitative estimate of drug-likeness (QED) is 0.598. The molecule has 4 heteroatoms. The average Bonchev–Trinajstić information content (AvgIpc) is 2.90. The number of fused-ring (bicyclic) bond motifs is 1. The van der Waals surface area contributed by atoms with E-state index in [1.165, 1.54) is 35.3 Å². The SMILES string of the molecule is CCC(N)(CCCSc1ccc2c(c1)CCC2)C(=O)O. The van der Waals surface area contributed by atoms with Crippen LogP contribution in [-0.4, -0.2) is 22.4 Å². The largest absolute Gasteiger partial charge is 0.480 e. The Hall–Kier alpha value is -1.00. The lowest BCUT2D eigenvalue weighted by atomic mass is 9.92. The van der Waals surface area contributed by atoms with E-state index in [4.69, 9.17) is 10.8 Å². The van der Waals surface area contributed by atoms with Crippen molar-refractivity contribution in [2.75, 3.05) is 5.75 Å². The molecule has 0 heterocycles. The molecule has 0 aromatic heterocycles. The van der Waals surface area contributed by atoms with Gasteiger partial charge in [0.15, 0.2) is 0 Å². The normalized spacial score (nSPS) is 16.7. The molecule has 0 saturated carbocycles. The van der Waals surface area contributed by atoms with Crippen LogP contribution >= 0.6 is 11.8 Å². The second-order valence-electron chi connectivity index (χ2n) is 5.55. The van der Waals surface area contributed by atoms with Crippen molar-refractivity contribution in [1.29, 1.82) is 0 Å². The van der Waals surface area contributed by atoms with Crippen LogP contribution in [0.3, 0.4) is 0 Å². The molecule has 0 amide bonds. The van der Waals surface area contributed by atoms with Crippen LogP contribution < -0.4 is 5.73 Å². The molecule has 2 rings (SSSR count). The number of nitrogens with two attached hydrogens (primary N) is 1. The Bertz CT molecular complexity index is 489. The molecule has 1 unspecified atom stereocenters. The van der Waals surface area contributed by atoms with Crippen molar-refractivity contribution in [3.8, 4) is 0 Å². The van der Waals surface area contributed by atoms with Crippen LogP contribution in [0.15, 0.2) is 23.1 Å². The van der Waals surface area contributed by atoms with E-state index < -0.39 is 11.5 Å². The molecule has 3 N–H and O–H groups in total. The standard InChI is InChI=1S/C16H23NO2S/c1-2-16(17,15(18)19)9-4-10-20-14-8-7-12-5-3-6-13(12)11-14/h7-8,11H,2-6,9-10,17H2,1H3,(H,18,19). The Morgan fingerprint density at radius 2 is 2.15 bits per heavy atom. The number of carboxylic acid groups (broad SMARTS) is 1. The first-order chi connectivity index (χ1) is 9.55. The van der Waals surface area contributed by atoms with E-state index in [0.29, 0.717) is 12.8 Å². The summed E-state index contributed by atoms with van der Waals surface area (Å²) in [6, 6.07) is 6.71. The summed E-state index contributed by atoms with van der Waals surface area (Å²) in [6.45, 7) is 1.84. The third-order valence-electron chi connectivity index (χ3n) is 4.16. The van der Waals surface area contributed by atoms with Gasteiger partial charge in [-0.15, -0.1) is 11.8 Å². The van der Waals surface area contributed by atoms with Gasteiger partial charge in [0.1, 0.15) is 5.54 Å². The number of hydrogen-bond acceptors (Lipinski definition) is 3. The lowest BCUT2D eigenvalue weighted by Gasteiger charge is -2.22. The van der Waals surface area contributed by atoms with E-state index in [0.717, 1.165) is 12.2 Å². The Morgan fingerprint density at radius 3 is 2.85 bits per heavy atom. The topological polar surface area (TPSA) is 63.3 Å². The molecule has 0 saturated heterocycles. The fourth-order valence-electron chi connectivity index (χ4n) is 2.65. The minimum Gasteiger partial charge on any atom is -0.480 e. The molecule has 1 atom stereocenters. The molecule has 20 heavy (non-hydrogen) atoms. The van der Waals surface area contributed by atoms with Crippen molar-refractivity contribution in [1.82, 2.24) is 0 Å². The molecule has 1 aliphatic rings. The van der Waals surface area contributed by atoms with Crippen LogP contribution in [0, 0.1) is 0 Å². The molecule has 0 aliphatic heterocycles. The Morgan fingerprint density at radius 1 is 1.40 bits per heavy atom. The van der Waals surface area contributed by atoms with Gasteiger partial charge < -0.3 is 10.8 Å². The van der Waals surface area contributed by atoms with Gasteiger partial charge in [-0.1, -0.05) is 13.0 Å². The Kier molecular flexibility index (Phi) is 5.11. The zero-order chi connectivity index (χ0) is 14.6. The second kappa shape index (κ2) is 6.64. The lowest BCUT2D eigenvalue weighted by molar-refractivity contribution is -0.143. The molecule has 1 aliphatic carbocycles. The molecule has 3 nitrogen and oxygen atoms in total.